The third kappa shape index (κ3) is 6.24. The van der Waals surface area contributed by atoms with E-state index in [1.165, 1.54) is 0 Å². The molecular formula is C27H31Cl2N5O4. The van der Waals surface area contributed by atoms with Crippen LogP contribution < -0.4 is 15.0 Å². The molecule has 5 rings (SSSR count). The summed E-state index contributed by atoms with van der Waals surface area (Å²) in [5.74, 6) is -0.278. The van der Waals surface area contributed by atoms with Crippen LogP contribution in [-0.2, 0) is 26.6 Å². The highest BCUT2D eigenvalue weighted by molar-refractivity contribution is 6.35. The molecule has 3 aromatic rings. The van der Waals surface area contributed by atoms with Crippen molar-refractivity contribution >= 4 is 34.8 Å². The van der Waals surface area contributed by atoms with E-state index in [0.717, 1.165) is 37.6 Å². The summed E-state index contributed by atoms with van der Waals surface area (Å²) in [5, 5.41) is 3.70. The van der Waals surface area contributed by atoms with E-state index in [1.807, 2.05) is 29.0 Å². The van der Waals surface area contributed by atoms with Crippen LogP contribution in [0.2, 0.25) is 10.0 Å². The van der Waals surface area contributed by atoms with E-state index in [9.17, 15) is 4.79 Å². The summed E-state index contributed by atoms with van der Waals surface area (Å²) < 4.78 is 20.7. The third-order valence-corrected chi connectivity index (χ3v) is 7.35. The van der Waals surface area contributed by atoms with Crippen molar-refractivity contribution in [1.82, 2.24) is 19.8 Å². The second-order valence-corrected chi connectivity index (χ2v) is 10.2. The van der Waals surface area contributed by atoms with Gasteiger partial charge in [-0.05, 0) is 36.4 Å². The van der Waals surface area contributed by atoms with E-state index >= 15 is 0 Å². The summed E-state index contributed by atoms with van der Waals surface area (Å²) in [7, 11) is 1.67. The minimum atomic E-state index is -1.08. The lowest BCUT2D eigenvalue weighted by atomic mass is 10.1. The van der Waals surface area contributed by atoms with Crippen molar-refractivity contribution in [3.05, 3.63) is 76.8 Å². The Hall–Kier alpha value is -2.82. The number of nitrogens with one attached hydrogen (secondary N) is 1. The standard InChI is InChI=1S/C27H31Cl2N5O4/c1-30-26(35)15-32-10-12-34(13-11-32)21-3-5-22(6-4-21)36-16-23-17-37-27(38-23,18-33-9-8-31-19-33)24-7-2-20(28)14-25(24)29/h2-9,14,19,23H,10-13,15-18H2,1H3,(H,30,35). The molecule has 1 N–H and O–H groups in total. The highest BCUT2D eigenvalue weighted by Gasteiger charge is 2.45. The molecule has 1 aromatic heterocycles. The molecule has 2 aromatic carbocycles. The number of hydrogen-bond donors (Lipinski definition) is 1. The number of anilines is 1. The SMILES string of the molecule is CNC(=O)CN1CCN(c2ccc(OCC3COC(Cn4ccnc4)(c4ccc(Cl)cc4Cl)O3)cc2)CC1. The van der Waals surface area contributed by atoms with Gasteiger partial charge in [-0.3, -0.25) is 9.69 Å². The molecule has 1 amide bonds. The number of hydrogen-bond acceptors (Lipinski definition) is 7. The number of imidazole rings is 1. The summed E-state index contributed by atoms with van der Waals surface area (Å²) in [6, 6.07) is 13.4. The zero-order valence-corrected chi connectivity index (χ0v) is 22.7. The van der Waals surface area contributed by atoms with E-state index in [2.05, 4.69) is 32.2 Å². The number of benzene rings is 2. The van der Waals surface area contributed by atoms with Crippen LogP contribution in [0, 0.1) is 0 Å². The molecule has 2 fully saturated rings. The number of piperazine rings is 1. The average Bonchev–Trinajstić information content (AvgIpc) is 3.59. The lowest BCUT2D eigenvalue weighted by Crippen LogP contribution is -2.49. The van der Waals surface area contributed by atoms with Crippen molar-refractivity contribution in [2.75, 3.05) is 57.9 Å². The number of carbonyl (C=O) groups is 1. The number of carbonyl (C=O) groups excluding carboxylic acids is 1. The van der Waals surface area contributed by atoms with Crippen LogP contribution in [0.25, 0.3) is 0 Å². The van der Waals surface area contributed by atoms with Crippen LogP contribution in [0.4, 0.5) is 5.69 Å². The molecule has 38 heavy (non-hydrogen) atoms. The first-order valence-electron chi connectivity index (χ1n) is 12.6. The summed E-state index contributed by atoms with van der Waals surface area (Å²) >= 11 is 12.7. The van der Waals surface area contributed by atoms with E-state index in [-0.39, 0.29) is 12.0 Å². The van der Waals surface area contributed by atoms with Gasteiger partial charge in [0.2, 0.25) is 11.7 Å². The predicted octanol–water partition coefficient (Wildman–Crippen LogP) is 3.41. The number of amides is 1. The lowest BCUT2D eigenvalue weighted by Gasteiger charge is -2.35. The second kappa shape index (κ2) is 11.9. The van der Waals surface area contributed by atoms with Gasteiger partial charge in [-0.25, -0.2) is 4.98 Å². The normalized spacial score (nSPS) is 22.0. The summed E-state index contributed by atoms with van der Waals surface area (Å²) in [4.78, 5) is 20.2. The molecule has 0 bridgehead atoms. The Balaban J connectivity index is 1.18. The Morgan fingerprint density at radius 3 is 2.63 bits per heavy atom. The average molecular weight is 560 g/mol. The highest BCUT2D eigenvalue weighted by Crippen LogP contribution is 2.40. The fourth-order valence-electron chi connectivity index (χ4n) is 4.76. The van der Waals surface area contributed by atoms with Gasteiger partial charge in [0.25, 0.3) is 0 Å². The van der Waals surface area contributed by atoms with Gasteiger partial charge < -0.3 is 29.0 Å². The molecule has 0 aliphatic carbocycles. The lowest BCUT2D eigenvalue weighted by molar-refractivity contribution is -0.189. The summed E-state index contributed by atoms with van der Waals surface area (Å²) in [6.45, 7) is 4.95. The zero-order valence-electron chi connectivity index (χ0n) is 21.2. The monoisotopic (exact) mass is 559 g/mol. The van der Waals surface area contributed by atoms with Crippen molar-refractivity contribution in [2.45, 2.75) is 18.4 Å². The largest absolute Gasteiger partial charge is 0.491 e. The van der Waals surface area contributed by atoms with Gasteiger partial charge in [-0.2, -0.15) is 0 Å². The van der Waals surface area contributed by atoms with E-state index in [1.54, 1.807) is 31.7 Å². The Morgan fingerprint density at radius 1 is 1.16 bits per heavy atom. The van der Waals surface area contributed by atoms with Crippen LogP contribution in [0.5, 0.6) is 5.75 Å². The predicted molar refractivity (Wildman–Crippen MR) is 146 cm³/mol. The molecule has 0 radical (unpaired) electrons. The van der Waals surface area contributed by atoms with Gasteiger partial charge in [0.15, 0.2) is 0 Å². The molecule has 2 unspecified atom stereocenters. The number of aromatic nitrogens is 2. The first kappa shape index (κ1) is 26.8. The smallest absolute Gasteiger partial charge is 0.233 e. The van der Waals surface area contributed by atoms with Gasteiger partial charge in [-0.1, -0.05) is 29.3 Å². The van der Waals surface area contributed by atoms with Gasteiger partial charge in [-0.15, -0.1) is 0 Å². The Bertz CT molecular complexity index is 1220. The number of likely N-dealkylation sites (N-methyl/N-ethyl adjacent to an activating group) is 1. The highest BCUT2D eigenvalue weighted by atomic mass is 35.5. The maximum atomic E-state index is 11.6. The van der Waals surface area contributed by atoms with Crippen molar-refractivity contribution in [3.8, 4) is 5.75 Å². The maximum Gasteiger partial charge on any atom is 0.233 e. The van der Waals surface area contributed by atoms with Crippen molar-refractivity contribution < 1.29 is 19.0 Å². The van der Waals surface area contributed by atoms with Gasteiger partial charge in [0, 0.05) is 61.9 Å². The molecule has 11 heteroatoms. The minimum absolute atomic E-state index is 0.0480. The molecule has 0 spiro atoms. The molecule has 2 atom stereocenters. The topological polar surface area (TPSA) is 81.1 Å². The Kier molecular flexibility index (Phi) is 8.40. The number of rotatable bonds is 9. The van der Waals surface area contributed by atoms with Crippen molar-refractivity contribution in [2.24, 2.45) is 0 Å². The van der Waals surface area contributed by atoms with Gasteiger partial charge in [0.05, 0.1) is 31.0 Å². The summed E-state index contributed by atoms with van der Waals surface area (Å²) in [6.07, 6.45) is 4.98. The quantitative estimate of drug-likeness (QED) is 0.430. The fraction of sp³-hybridized carbons (Fsp3) is 0.407. The van der Waals surface area contributed by atoms with Crippen molar-refractivity contribution in [3.63, 3.8) is 0 Å². The van der Waals surface area contributed by atoms with Crippen molar-refractivity contribution in [1.29, 1.82) is 0 Å². The number of ether oxygens (including phenoxy) is 3. The van der Waals surface area contributed by atoms with E-state index in [0.29, 0.717) is 41.9 Å². The van der Waals surface area contributed by atoms with Crippen LogP contribution in [0.1, 0.15) is 5.56 Å². The zero-order chi connectivity index (χ0) is 26.5. The van der Waals surface area contributed by atoms with Crippen LogP contribution in [-0.4, -0.2) is 79.4 Å². The maximum absolute atomic E-state index is 11.6. The fourth-order valence-corrected chi connectivity index (χ4v) is 5.32. The van der Waals surface area contributed by atoms with Crippen LogP contribution in [0.3, 0.4) is 0 Å². The first-order chi connectivity index (χ1) is 18.4. The Labute approximate surface area is 232 Å². The minimum Gasteiger partial charge on any atom is -0.491 e. The molecule has 202 valence electrons. The molecule has 2 aliphatic heterocycles. The van der Waals surface area contributed by atoms with E-state index < -0.39 is 5.79 Å². The molecule has 2 aliphatic rings. The number of halogens is 2. The van der Waals surface area contributed by atoms with Gasteiger partial charge in [0.1, 0.15) is 18.5 Å². The summed E-state index contributed by atoms with van der Waals surface area (Å²) in [5.41, 5.74) is 1.84. The molecule has 2 saturated heterocycles. The second-order valence-electron chi connectivity index (χ2n) is 9.40. The molecule has 9 nitrogen and oxygen atoms in total. The molecule has 3 heterocycles. The van der Waals surface area contributed by atoms with Crippen LogP contribution >= 0.6 is 23.2 Å². The van der Waals surface area contributed by atoms with Gasteiger partial charge >= 0.3 is 0 Å². The first-order valence-corrected chi connectivity index (χ1v) is 13.3. The number of nitrogens with zero attached hydrogens (tertiary/aromatic N) is 4. The third-order valence-electron chi connectivity index (χ3n) is 6.81. The Morgan fingerprint density at radius 2 is 1.95 bits per heavy atom. The van der Waals surface area contributed by atoms with Crippen LogP contribution in [0.15, 0.2) is 61.2 Å². The van der Waals surface area contributed by atoms with E-state index in [4.69, 9.17) is 37.4 Å². The molecular weight excluding hydrogens is 529 g/mol. The molecule has 0 saturated carbocycles.